The van der Waals surface area contributed by atoms with E-state index in [1.807, 2.05) is 19.1 Å². The predicted octanol–water partition coefficient (Wildman–Crippen LogP) is 3.49. The van der Waals surface area contributed by atoms with Gasteiger partial charge in [0.1, 0.15) is 11.5 Å². The van der Waals surface area contributed by atoms with Gasteiger partial charge in [-0.15, -0.1) is 0 Å². The Labute approximate surface area is 74.1 Å². The highest BCUT2D eigenvalue weighted by molar-refractivity contribution is 5.06. The first-order valence-electron chi connectivity index (χ1n) is 4.37. The third kappa shape index (κ3) is 2.95. The highest BCUT2D eigenvalue weighted by Gasteiger charge is 1.95. The average molecular weight is 164 g/mol. The van der Waals surface area contributed by atoms with Gasteiger partial charge in [-0.25, -0.2) is 0 Å². The number of rotatable bonds is 3. The zero-order valence-corrected chi connectivity index (χ0v) is 8.05. The summed E-state index contributed by atoms with van der Waals surface area (Å²) in [5.41, 5.74) is 1.37. The number of furan rings is 1. The van der Waals surface area contributed by atoms with Gasteiger partial charge in [0.15, 0.2) is 0 Å². The fourth-order valence-electron chi connectivity index (χ4n) is 1.12. The standard InChI is InChI=1S/C11H16O/c1-9(2)5-4-6-11-8-7-10(3)12-11/h5,7-8H,4,6H2,1-3H3. The van der Waals surface area contributed by atoms with Crippen molar-refractivity contribution < 1.29 is 4.42 Å². The molecule has 12 heavy (non-hydrogen) atoms. The molecule has 0 bridgehead atoms. The third-order valence-corrected chi connectivity index (χ3v) is 1.74. The summed E-state index contributed by atoms with van der Waals surface area (Å²) in [6.07, 6.45) is 4.33. The molecular formula is C11H16O. The second-order valence-corrected chi connectivity index (χ2v) is 3.33. The Morgan fingerprint density at radius 1 is 1.42 bits per heavy atom. The predicted molar refractivity (Wildman–Crippen MR) is 51.2 cm³/mol. The van der Waals surface area contributed by atoms with Crippen molar-refractivity contribution in [3.05, 3.63) is 35.3 Å². The molecule has 1 heteroatoms. The Hall–Kier alpha value is -0.980. The first-order chi connectivity index (χ1) is 5.68. The summed E-state index contributed by atoms with van der Waals surface area (Å²) in [5.74, 6) is 2.09. The van der Waals surface area contributed by atoms with Crippen LogP contribution in [0.2, 0.25) is 0 Å². The Kier molecular flexibility index (Phi) is 3.15. The maximum atomic E-state index is 5.44. The Morgan fingerprint density at radius 2 is 2.17 bits per heavy atom. The first-order valence-corrected chi connectivity index (χ1v) is 4.37. The quantitative estimate of drug-likeness (QED) is 0.623. The van der Waals surface area contributed by atoms with E-state index in [-0.39, 0.29) is 0 Å². The van der Waals surface area contributed by atoms with Crippen molar-refractivity contribution in [2.75, 3.05) is 0 Å². The van der Waals surface area contributed by atoms with Crippen molar-refractivity contribution in [1.29, 1.82) is 0 Å². The van der Waals surface area contributed by atoms with Crippen molar-refractivity contribution in [2.45, 2.75) is 33.6 Å². The molecule has 0 aliphatic heterocycles. The van der Waals surface area contributed by atoms with E-state index >= 15 is 0 Å². The average Bonchev–Trinajstić information content (AvgIpc) is 2.35. The molecule has 1 rings (SSSR count). The molecule has 0 radical (unpaired) electrons. The van der Waals surface area contributed by atoms with E-state index in [0.717, 1.165) is 24.4 Å². The third-order valence-electron chi connectivity index (χ3n) is 1.74. The highest BCUT2D eigenvalue weighted by atomic mass is 16.3. The van der Waals surface area contributed by atoms with Crippen LogP contribution < -0.4 is 0 Å². The van der Waals surface area contributed by atoms with Gasteiger partial charge in [0, 0.05) is 6.42 Å². The van der Waals surface area contributed by atoms with E-state index in [2.05, 4.69) is 19.9 Å². The Balaban J connectivity index is 2.38. The second kappa shape index (κ2) is 4.15. The molecule has 66 valence electrons. The molecule has 1 heterocycles. The van der Waals surface area contributed by atoms with E-state index in [0.29, 0.717) is 0 Å². The summed E-state index contributed by atoms with van der Waals surface area (Å²) in [5, 5.41) is 0. The van der Waals surface area contributed by atoms with Crippen molar-refractivity contribution in [3.8, 4) is 0 Å². The van der Waals surface area contributed by atoms with Crippen LogP contribution in [0.1, 0.15) is 31.8 Å². The minimum Gasteiger partial charge on any atom is -0.466 e. The molecule has 1 aromatic rings. The SMILES string of the molecule is CC(C)=CCCc1ccc(C)o1. The van der Waals surface area contributed by atoms with Gasteiger partial charge in [0.2, 0.25) is 0 Å². The van der Waals surface area contributed by atoms with Gasteiger partial charge in [-0.05, 0) is 39.3 Å². The second-order valence-electron chi connectivity index (χ2n) is 3.33. The lowest BCUT2D eigenvalue weighted by atomic mass is 10.2. The summed E-state index contributed by atoms with van der Waals surface area (Å²) >= 11 is 0. The molecule has 0 fully saturated rings. The molecule has 0 aromatic carbocycles. The highest BCUT2D eigenvalue weighted by Crippen LogP contribution is 2.09. The molecule has 0 saturated heterocycles. The van der Waals surface area contributed by atoms with Gasteiger partial charge in [-0.3, -0.25) is 0 Å². The summed E-state index contributed by atoms with van der Waals surface area (Å²) in [4.78, 5) is 0. The molecule has 0 spiro atoms. The summed E-state index contributed by atoms with van der Waals surface area (Å²) in [7, 11) is 0. The molecule has 0 aliphatic carbocycles. The largest absolute Gasteiger partial charge is 0.466 e. The lowest BCUT2D eigenvalue weighted by Crippen LogP contribution is -1.78. The van der Waals surface area contributed by atoms with Crippen LogP contribution in [0.3, 0.4) is 0 Å². The zero-order chi connectivity index (χ0) is 8.97. The van der Waals surface area contributed by atoms with Crippen molar-refractivity contribution in [3.63, 3.8) is 0 Å². The smallest absolute Gasteiger partial charge is 0.104 e. The molecule has 0 amide bonds. The van der Waals surface area contributed by atoms with Gasteiger partial charge >= 0.3 is 0 Å². The molecule has 0 N–H and O–H groups in total. The lowest BCUT2D eigenvalue weighted by Gasteiger charge is -1.92. The van der Waals surface area contributed by atoms with E-state index in [1.165, 1.54) is 5.57 Å². The van der Waals surface area contributed by atoms with E-state index in [4.69, 9.17) is 4.42 Å². The van der Waals surface area contributed by atoms with Crippen molar-refractivity contribution in [1.82, 2.24) is 0 Å². The van der Waals surface area contributed by atoms with E-state index in [1.54, 1.807) is 0 Å². The number of hydrogen-bond donors (Lipinski definition) is 0. The molecular weight excluding hydrogens is 148 g/mol. The van der Waals surface area contributed by atoms with Crippen molar-refractivity contribution >= 4 is 0 Å². The van der Waals surface area contributed by atoms with Crippen molar-refractivity contribution in [2.24, 2.45) is 0 Å². The van der Waals surface area contributed by atoms with E-state index in [9.17, 15) is 0 Å². The fourth-order valence-corrected chi connectivity index (χ4v) is 1.12. The molecule has 0 unspecified atom stereocenters. The zero-order valence-electron chi connectivity index (χ0n) is 8.05. The molecule has 1 nitrogen and oxygen atoms in total. The number of allylic oxidation sites excluding steroid dienone is 2. The minimum atomic E-state index is 1.00. The van der Waals surface area contributed by atoms with Crippen LogP contribution in [0.4, 0.5) is 0 Å². The summed E-state index contributed by atoms with van der Waals surface area (Å²) < 4.78 is 5.44. The van der Waals surface area contributed by atoms with Gasteiger partial charge < -0.3 is 4.42 Å². The summed E-state index contributed by atoms with van der Waals surface area (Å²) in [6, 6.07) is 4.06. The molecule has 0 atom stereocenters. The van der Waals surface area contributed by atoms with Crippen LogP contribution in [0.25, 0.3) is 0 Å². The van der Waals surface area contributed by atoms with Crippen LogP contribution >= 0.6 is 0 Å². The topological polar surface area (TPSA) is 13.1 Å². The van der Waals surface area contributed by atoms with Gasteiger partial charge in [0.05, 0.1) is 0 Å². The first kappa shape index (κ1) is 9.11. The van der Waals surface area contributed by atoms with Crippen LogP contribution in [-0.4, -0.2) is 0 Å². The number of hydrogen-bond acceptors (Lipinski definition) is 1. The van der Waals surface area contributed by atoms with Crippen LogP contribution in [0.5, 0.6) is 0 Å². The van der Waals surface area contributed by atoms with Crippen LogP contribution in [0, 0.1) is 6.92 Å². The van der Waals surface area contributed by atoms with Crippen LogP contribution in [-0.2, 0) is 6.42 Å². The maximum Gasteiger partial charge on any atom is 0.104 e. The number of aryl methyl sites for hydroxylation is 2. The summed E-state index contributed by atoms with van der Waals surface area (Å²) in [6.45, 7) is 6.21. The monoisotopic (exact) mass is 164 g/mol. The molecule has 1 aromatic heterocycles. The molecule has 0 saturated carbocycles. The maximum absolute atomic E-state index is 5.44. The van der Waals surface area contributed by atoms with Gasteiger partial charge in [-0.1, -0.05) is 11.6 Å². The normalized spacial score (nSPS) is 9.92. The lowest BCUT2D eigenvalue weighted by molar-refractivity contribution is 0.483. The minimum absolute atomic E-state index is 1.00. The Morgan fingerprint density at radius 3 is 2.67 bits per heavy atom. The van der Waals surface area contributed by atoms with E-state index < -0.39 is 0 Å². The molecule has 0 aliphatic rings. The van der Waals surface area contributed by atoms with Gasteiger partial charge in [-0.2, -0.15) is 0 Å². The Bertz CT molecular complexity index is 264. The fraction of sp³-hybridized carbons (Fsp3) is 0.455. The van der Waals surface area contributed by atoms with Gasteiger partial charge in [0.25, 0.3) is 0 Å². The van der Waals surface area contributed by atoms with Crippen LogP contribution in [0.15, 0.2) is 28.2 Å².